The van der Waals surface area contributed by atoms with E-state index in [2.05, 4.69) is 15.1 Å². The lowest BCUT2D eigenvalue weighted by molar-refractivity contribution is -0.0125. The molecule has 3 heterocycles. The molecule has 10 rings (SSSR count). The zero-order chi connectivity index (χ0) is 33.0. The van der Waals surface area contributed by atoms with Gasteiger partial charge in [-0.2, -0.15) is 0 Å². The topological polar surface area (TPSA) is 18.5 Å². The van der Waals surface area contributed by atoms with Crippen molar-refractivity contribution in [3.63, 3.8) is 0 Å². The van der Waals surface area contributed by atoms with Gasteiger partial charge in [0.1, 0.15) is 0 Å². The fourth-order valence-corrected chi connectivity index (χ4v) is 17.2. The highest BCUT2D eigenvalue weighted by atomic mass is 15.3. The minimum Gasteiger partial charge on any atom is -0.299 e. The fraction of sp³-hybridized carbons (Fsp3) is 1.00. The molecule has 3 nitrogen and oxygen atoms in total. The van der Waals surface area contributed by atoms with Gasteiger partial charge in [0, 0.05) is 36.3 Å². The van der Waals surface area contributed by atoms with Crippen LogP contribution in [-0.2, 0) is 0 Å². The number of nitrogens with one attached hydrogen (secondary N) is 1. The summed E-state index contributed by atoms with van der Waals surface area (Å²) in [6.07, 6.45) is 48.3. The first kappa shape index (κ1) is 34.4. The van der Waals surface area contributed by atoms with Gasteiger partial charge in [0.25, 0.3) is 0 Å². The van der Waals surface area contributed by atoms with Crippen LogP contribution in [0.1, 0.15) is 199 Å². The summed E-state index contributed by atoms with van der Waals surface area (Å²) in [6, 6.07) is 5.50. The number of likely N-dealkylation sites (tertiary alicyclic amines) is 2. The van der Waals surface area contributed by atoms with Crippen molar-refractivity contribution in [3.05, 3.63) is 0 Å². The predicted molar refractivity (Wildman–Crippen MR) is 208 cm³/mol. The Morgan fingerprint density at radius 1 is 0.320 bits per heavy atom. The van der Waals surface area contributed by atoms with E-state index in [1.807, 2.05) is 0 Å². The summed E-state index contributed by atoms with van der Waals surface area (Å²) < 4.78 is 0. The van der Waals surface area contributed by atoms with Crippen LogP contribution in [0.25, 0.3) is 0 Å². The molecule has 1 N–H and O–H groups in total. The molecule has 0 amide bonds. The highest BCUT2D eigenvalue weighted by Crippen LogP contribution is 2.59. The average Bonchev–Trinajstić information content (AvgIpc) is 3.71. The Morgan fingerprint density at radius 3 is 1.66 bits per heavy atom. The van der Waals surface area contributed by atoms with Gasteiger partial charge < -0.3 is 0 Å². The largest absolute Gasteiger partial charge is 0.299 e. The zero-order valence-corrected chi connectivity index (χ0v) is 32.6. The number of fused-ring (bicyclic) bond motifs is 6. The number of rotatable bonds is 5. The summed E-state index contributed by atoms with van der Waals surface area (Å²) in [4.78, 5) is 6.64. The molecule has 3 saturated heterocycles. The molecule has 10 fully saturated rings. The van der Waals surface area contributed by atoms with Crippen LogP contribution >= 0.6 is 0 Å². The lowest BCUT2D eigenvalue weighted by atomic mass is 9.59. The Balaban J connectivity index is 0.897. The van der Waals surface area contributed by atoms with Gasteiger partial charge in [0.15, 0.2) is 0 Å². The number of hydrogen-bond donors (Lipinski definition) is 1. The molecule has 0 aromatic carbocycles. The van der Waals surface area contributed by atoms with E-state index in [1.54, 1.807) is 77.0 Å². The van der Waals surface area contributed by atoms with Crippen molar-refractivity contribution in [2.75, 3.05) is 0 Å². The molecular formula is C47H79N3. The van der Waals surface area contributed by atoms with Crippen LogP contribution in [0.5, 0.6) is 0 Å². The van der Waals surface area contributed by atoms with E-state index < -0.39 is 0 Å². The van der Waals surface area contributed by atoms with Gasteiger partial charge in [-0.3, -0.25) is 15.1 Å². The third-order valence-corrected chi connectivity index (χ3v) is 19.0. The van der Waals surface area contributed by atoms with E-state index in [-0.39, 0.29) is 0 Å². The lowest BCUT2D eigenvalue weighted by Gasteiger charge is -2.51. The quantitative estimate of drug-likeness (QED) is 0.311. The molecule has 7 aliphatic carbocycles. The normalized spacial score (nSPS) is 48.8. The van der Waals surface area contributed by atoms with Gasteiger partial charge in [-0.1, -0.05) is 103 Å². The van der Waals surface area contributed by atoms with Crippen molar-refractivity contribution in [3.8, 4) is 0 Å². The van der Waals surface area contributed by atoms with E-state index in [1.165, 1.54) is 122 Å². The van der Waals surface area contributed by atoms with Crippen LogP contribution in [0.3, 0.4) is 0 Å². The minimum atomic E-state index is 0.695. The summed E-state index contributed by atoms with van der Waals surface area (Å²) in [5, 5.41) is 4.59. The second kappa shape index (κ2) is 15.2. The van der Waals surface area contributed by atoms with Crippen molar-refractivity contribution < 1.29 is 0 Å². The Bertz CT molecular complexity index is 1080. The second-order valence-electron chi connectivity index (χ2n) is 21.1. The van der Waals surface area contributed by atoms with Crippen LogP contribution in [0, 0.1) is 53.3 Å². The van der Waals surface area contributed by atoms with Gasteiger partial charge in [-0.05, 0) is 150 Å². The highest BCUT2D eigenvalue weighted by molar-refractivity contribution is 5.11. The van der Waals surface area contributed by atoms with Crippen LogP contribution in [-0.4, -0.2) is 52.2 Å². The van der Waals surface area contributed by atoms with Gasteiger partial charge in [-0.25, -0.2) is 0 Å². The molecule has 0 aromatic heterocycles. The number of hydrogen-bond acceptors (Lipinski definition) is 3. The van der Waals surface area contributed by atoms with Crippen LogP contribution in [0.2, 0.25) is 0 Å². The van der Waals surface area contributed by atoms with Crippen LogP contribution < -0.4 is 5.32 Å². The van der Waals surface area contributed by atoms with Crippen molar-refractivity contribution in [2.24, 2.45) is 53.3 Å². The number of piperidine rings is 1. The van der Waals surface area contributed by atoms with Crippen LogP contribution in [0.4, 0.5) is 0 Å². The molecule has 7 saturated carbocycles. The van der Waals surface area contributed by atoms with Gasteiger partial charge in [0.05, 0.1) is 6.17 Å². The van der Waals surface area contributed by atoms with Crippen molar-refractivity contribution >= 4 is 0 Å². The molecule has 50 heavy (non-hydrogen) atoms. The third-order valence-electron chi connectivity index (χ3n) is 19.0. The monoisotopic (exact) mass is 686 g/mol. The fourth-order valence-electron chi connectivity index (χ4n) is 17.2. The van der Waals surface area contributed by atoms with E-state index in [9.17, 15) is 0 Å². The van der Waals surface area contributed by atoms with E-state index in [4.69, 9.17) is 0 Å². The minimum absolute atomic E-state index is 0.695. The van der Waals surface area contributed by atoms with Gasteiger partial charge in [0.2, 0.25) is 0 Å². The van der Waals surface area contributed by atoms with E-state index in [0.29, 0.717) is 6.17 Å². The SMILES string of the molecule is C1CCC(C2CC(C3CCCCC3)NC(N3C4CCCCC4C4CC(C5CCCC6C5C5CCCCC5N6C5CCCCC5)CCC43)C2)CC1. The number of nitrogens with zero attached hydrogens (tertiary/aromatic N) is 2. The average molecular weight is 686 g/mol. The molecule has 0 spiro atoms. The van der Waals surface area contributed by atoms with Crippen LogP contribution in [0.15, 0.2) is 0 Å². The first-order valence-corrected chi connectivity index (χ1v) is 24.1. The molecule has 0 aromatic rings. The van der Waals surface area contributed by atoms with Crippen molar-refractivity contribution in [2.45, 2.75) is 241 Å². The second-order valence-corrected chi connectivity index (χ2v) is 21.1. The smallest absolute Gasteiger partial charge is 0.0607 e. The first-order valence-electron chi connectivity index (χ1n) is 24.1. The van der Waals surface area contributed by atoms with Gasteiger partial charge >= 0.3 is 0 Å². The maximum Gasteiger partial charge on any atom is 0.0607 e. The Labute approximate surface area is 309 Å². The Hall–Kier alpha value is -0.120. The van der Waals surface area contributed by atoms with Crippen molar-refractivity contribution in [1.29, 1.82) is 0 Å². The summed E-state index contributed by atoms with van der Waals surface area (Å²) in [5.74, 6) is 9.27. The predicted octanol–water partition coefficient (Wildman–Crippen LogP) is 11.5. The van der Waals surface area contributed by atoms with Gasteiger partial charge in [-0.15, -0.1) is 0 Å². The first-order chi connectivity index (χ1) is 24.8. The maximum absolute atomic E-state index is 4.59. The molecule has 3 aliphatic heterocycles. The maximum atomic E-state index is 4.59. The molecule has 13 atom stereocenters. The highest BCUT2D eigenvalue weighted by Gasteiger charge is 2.59. The zero-order valence-electron chi connectivity index (χ0n) is 32.6. The molecule has 0 radical (unpaired) electrons. The molecular weight excluding hydrogens is 607 g/mol. The molecule has 282 valence electrons. The third kappa shape index (κ3) is 6.34. The van der Waals surface area contributed by atoms with E-state index >= 15 is 0 Å². The summed E-state index contributed by atoms with van der Waals surface area (Å²) >= 11 is 0. The molecule has 0 bridgehead atoms. The Morgan fingerprint density at radius 2 is 0.900 bits per heavy atom. The molecule has 3 heteroatoms. The van der Waals surface area contributed by atoms with E-state index in [0.717, 1.165) is 89.5 Å². The summed E-state index contributed by atoms with van der Waals surface area (Å²) in [5.41, 5.74) is 0. The standard InChI is InChI=1S/C47H79N3/c1-4-15-32(16-5-1)35-30-41(33-17-6-2-7-18-33)48-46(31-35)50-42-24-12-10-21-38(42)40-29-34(27-28-44(40)50)37-23-14-26-45-47(37)39-22-11-13-25-43(39)49(45)36-19-8-3-9-20-36/h32-48H,1-31H2. The summed E-state index contributed by atoms with van der Waals surface area (Å²) in [6.45, 7) is 0. The van der Waals surface area contributed by atoms with Crippen molar-refractivity contribution in [1.82, 2.24) is 15.1 Å². The molecule has 10 aliphatic rings. The lowest BCUT2D eigenvalue weighted by Crippen LogP contribution is -2.61. The Kier molecular flexibility index (Phi) is 10.4. The molecule has 13 unspecified atom stereocenters. The summed E-state index contributed by atoms with van der Waals surface area (Å²) in [7, 11) is 0.